The number of nitrogens with zero attached hydrogens (tertiary/aromatic N) is 1. The zero-order chi connectivity index (χ0) is 9.86. The van der Waals surface area contributed by atoms with Gasteiger partial charge in [0, 0.05) is 24.8 Å². The molecular weight excluding hydrogens is 196 g/mol. The lowest BCUT2D eigenvalue weighted by Gasteiger charge is -2.29. The maximum atomic E-state index is 5.49. The van der Waals surface area contributed by atoms with Gasteiger partial charge in [0.15, 0.2) is 0 Å². The van der Waals surface area contributed by atoms with Gasteiger partial charge in [-0.05, 0) is 26.3 Å². The molecule has 1 aromatic heterocycles. The summed E-state index contributed by atoms with van der Waals surface area (Å²) in [5.41, 5.74) is 0.0602. The minimum atomic E-state index is 0.0602. The smallest absolute Gasteiger partial charge is 0.113 e. The van der Waals surface area contributed by atoms with E-state index in [0.29, 0.717) is 0 Å². The minimum Gasteiger partial charge on any atom is -0.381 e. The third-order valence-electron chi connectivity index (χ3n) is 2.89. The molecule has 4 heteroatoms. The topological polar surface area (TPSA) is 34.2 Å². The van der Waals surface area contributed by atoms with E-state index in [0.717, 1.165) is 32.5 Å². The molecule has 0 aliphatic carbocycles. The van der Waals surface area contributed by atoms with E-state index in [1.165, 1.54) is 5.01 Å². The summed E-state index contributed by atoms with van der Waals surface area (Å²) in [5.74, 6) is 0. The van der Waals surface area contributed by atoms with Crippen molar-refractivity contribution in [2.75, 3.05) is 20.3 Å². The van der Waals surface area contributed by atoms with E-state index in [-0.39, 0.29) is 5.54 Å². The summed E-state index contributed by atoms with van der Waals surface area (Å²) in [7, 11) is 2.02. The molecule has 14 heavy (non-hydrogen) atoms. The Morgan fingerprint density at radius 2 is 2.43 bits per heavy atom. The molecule has 0 bridgehead atoms. The number of thiazole rings is 1. The molecule has 1 aromatic rings. The second-order valence-corrected chi connectivity index (χ2v) is 4.53. The molecule has 0 amide bonds. The van der Waals surface area contributed by atoms with Gasteiger partial charge >= 0.3 is 0 Å². The second-order valence-electron chi connectivity index (χ2n) is 3.64. The lowest BCUT2D eigenvalue weighted by atomic mass is 9.91. The highest BCUT2D eigenvalue weighted by Gasteiger charge is 2.33. The van der Waals surface area contributed by atoms with Crippen LogP contribution in [0.15, 0.2) is 11.6 Å². The Balaban J connectivity index is 2.23. The van der Waals surface area contributed by atoms with Crippen molar-refractivity contribution in [1.29, 1.82) is 0 Å². The van der Waals surface area contributed by atoms with Crippen LogP contribution in [-0.2, 0) is 10.3 Å². The SMILES string of the molecule is CNC1(c2nccs2)CCCOCC1. The van der Waals surface area contributed by atoms with Gasteiger partial charge in [-0.3, -0.25) is 0 Å². The molecule has 1 aliphatic rings. The second kappa shape index (κ2) is 4.38. The van der Waals surface area contributed by atoms with Gasteiger partial charge in [-0.15, -0.1) is 11.3 Å². The first-order chi connectivity index (χ1) is 6.87. The first-order valence-corrected chi connectivity index (χ1v) is 5.92. The van der Waals surface area contributed by atoms with Crippen molar-refractivity contribution in [3.63, 3.8) is 0 Å². The van der Waals surface area contributed by atoms with E-state index in [9.17, 15) is 0 Å². The van der Waals surface area contributed by atoms with Crippen LogP contribution in [0.4, 0.5) is 0 Å². The molecule has 0 saturated carbocycles. The number of hydrogen-bond donors (Lipinski definition) is 1. The Morgan fingerprint density at radius 1 is 1.50 bits per heavy atom. The summed E-state index contributed by atoms with van der Waals surface area (Å²) in [6, 6.07) is 0. The lowest BCUT2D eigenvalue weighted by molar-refractivity contribution is 0.137. The van der Waals surface area contributed by atoms with Crippen molar-refractivity contribution < 1.29 is 4.74 Å². The molecule has 1 unspecified atom stereocenters. The summed E-state index contributed by atoms with van der Waals surface area (Å²) >= 11 is 1.73. The van der Waals surface area contributed by atoms with Crippen LogP contribution in [-0.4, -0.2) is 25.2 Å². The highest BCUT2D eigenvalue weighted by atomic mass is 32.1. The predicted molar refractivity (Wildman–Crippen MR) is 57.5 cm³/mol. The van der Waals surface area contributed by atoms with Crippen molar-refractivity contribution >= 4 is 11.3 Å². The maximum Gasteiger partial charge on any atom is 0.113 e. The summed E-state index contributed by atoms with van der Waals surface area (Å²) in [5, 5.41) is 6.67. The van der Waals surface area contributed by atoms with Gasteiger partial charge in [0.25, 0.3) is 0 Å². The normalized spacial score (nSPS) is 28.6. The minimum absolute atomic E-state index is 0.0602. The molecule has 2 heterocycles. The van der Waals surface area contributed by atoms with Crippen molar-refractivity contribution in [3.05, 3.63) is 16.6 Å². The highest BCUT2D eigenvalue weighted by Crippen LogP contribution is 2.32. The maximum absolute atomic E-state index is 5.49. The fourth-order valence-corrected chi connectivity index (χ4v) is 2.88. The fourth-order valence-electron chi connectivity index (χ4n) is 1.98. The van der Waals surface area contributed by atoms with E-state index >= 15 is 0 Å². The first kappa shape index (κ1) is 10.1. The van der Waals surface area contributed by atoms with Crippen LogP contribution in [0.1, 0.15) is 24.3 Å². The van der Waals surface area contributed by atoms with Gasteiger partial charge in [0.2, 0.25) is 0 Å². The Morgan fingerprint density at radius 3 is 3.14 bits per heavy atom. The van der Waals surface area contributed by atoms with E-state index < -0.39 is 0 Å². The monoisotopic (exact) mass is 212 g/mol. The Kier molecular flexibility index (Phi) is 3.15. The van der Waals surface area contributed by atoms with Gasteiger partial charge in [0.1, 0.15) is 5.01 Å². The molecule has 1 N–H and O–H groups in total. The molecule has 2 rings (SSSR count). The predicted octanol–water partition coefficient (Wildman–Crippen LogP) is 1.76. The van der Waals surface area contributed by atoms with Gasteiger partial charge in [-0.25, -0.2) is 4.98 Å². The van der Waals surface area contributed by atoms with Gasteiger partial charge < -0.3 is 10.1 Å². The van der Waals surface area contributed by atoms with Crippen LogP contribution in [0, 0.1) is 0 Å². The Bertz CT molecular complexity index is 266. The van der Waals surface area contributed by atoms with E-state index in [4.69, 9.17) is 4.74 Å². The zero-order valence-electron chi connectivity index (χ0n) is 8.45. The molecule has 78 valence electrons. The molecule has 0 spiro atoms. The highest BCUT2D eigenvalue weighted by molar-refractivity contribution is 7.09. The van der Waals surface area contributed by atoms with E-state index in [1.807, 2.05) is 18.6 Å². The van der Waals surface area contributed by atoms with Crippen LogP contribution >= 0.6 is 11.3 Å². The molecular formula is C10H16N2OS. The summed E-state index contributed by atoms with van der Waals surface area (Å²) < 4.78 is 5.49. The van der Waals surface area contributed by atoms with Crippen LogP contribution in [0.25, 0.3) is 0 Å². The number of aromatic nitrogens is 1. The van der Waals surface area contributed by atoms with Crippen molar-refractivity contribution in [2.24, 2.45) is 0 Å². The summed E-state index contributed by atoms with van der Waals surface area (Å²) in [6.07, 6.45) is 5.14. The fraction of sp³-hybridized carbons (Fsp3) is 0.700. The molecule has 1 aliphatic heterocycles. The molecule has 1 saturated heterocycles. The zero-order valence-corrected chi connectivity index (χ0v) is 9.27. The van der Waals surface area contributed by atoms with Crippen molar-refractivity contribution in [3.8, 4) is 0 Å². The van der Waals surface area contributed by atoms with E-state index in [1.54, 1.807) is 11.3 Å². The van der Waals surface area contributed by atoms with Crippen LogP contribution in [0.3, 0.4) is 0 Å². The Hall–Kier alpha value is -0.450. The Labute approximate surface area is 88.5 Å². The van der Waals surface area contributed by atoms with Crippen LogP contribution < -0.4 is 5.32 Å². The lowest BCUT2D eigenvalue weighted by Crippen LogP contribution is -2.40. The van der Waals surface area contributed by atoms with Crippen LogP contribution in [0.5, 0.6) is 0 Å². The van der Waals surface area contributed by atoms with E-state index in [2.05, 4.69) is 10.3 Å². The average Bonchev–Trinajstić information content (AvgIpc) is 2.64. The summed E-state index contributed by atoms with van der Waals surface area (Å²) in [4.78, 5) is 4.43. The van der Waals surface area contributed by atoms with Crippen molar-refractivity contribution in [2.45, 2.75) is 24.8 Å². The van der Waals surface area contributed by atoms with Gasteiger partial charge in [-0.1, -0.05) is 0 Å². The summed E-state index contributed by atoms with van der Waals surface area (Å²) in [6.45, 7) is 1.72. The van der Waals surface area contributed by atoms with Gasteiger partial charge in [-0.2, -0.15) is 0 Å². The molecule has 1 atom stereocenters. The largest absolute Gasteiger partial charge is 0.381 e. The third-order valence-corrected chi connectivity index (χ3v) is 3.86. The quantitative estimate of drug-likeness (QED) is 0.811. The third kappa shape index (κ3) is 1.82. The number of hydrogen-bond acceptors (Lipinski definition) is 4. The molecule has 1 fully saturated rings. The number of nitrogens with one attached hydrogen (secondary N) is 1. The van der Waals surface area contributed by atoms with Crippen molar-refractivity contribution in [1.82, 2.24) is 10.3 Å². The number of rotatable bonds is 2. The first-order valence-electron chi connectivity index (χ1n) is 5.04. The molecule has 0 aromatic carbocycles. The molecule has 0 radical (unpaired) electrons. The van der Waals surface area contributed by atoms with Gasteiger partial charge in [0.05, 0.1) is 5.54 Å². The standard InChI is InChI=1S/C10H16N2OS/c1-11-10(9-12-5-8-14-9)3-2-6-13-7-4-10/h5,8,11H,2-4,6-7H2,1H3. The average molecular weight is 212 g/mol. The van der Waals surface area contributed by atoms with Crippen LogP contribution in [0.2, 0.25) is 0 Å². The molecule has 3 nitrogen and oxygen atoms in total. The number of ether oxygens (including phenoxy) is 1.